The predicted molar refractivity (Wildman–Crippen MR) is 142 cm³/mol. The van der Waals surface area contributed by atoms with Gasteiger partial charge < -0.3 is 19.7 Å². The van der Waals surface area contributed by atoms with E-state index < -0.39 is 23.9 Å². The lowest BCUT2D eigenvalue weighted by molar-refractivity contribution is -0.123. The van der Waals surface area contributed by atoms with Gasteiger partial charge in [-0.2, -0.15) is 0 Å². The molecule has 2 atom stereocenters. The average molecular weight is 522 g/mol. The summed E-state index contributed by atoms with van der Waals surface area (Å²) in [5, 5.41) is 4.00. The van der Waals surface area contributed by atoms with Crippen LogP contribution in [-0.4, -0.2) is 54.5 Å². The monoisotopic (exact) mass is 521 g/mol. The number of carbonyl (C=O) groups is 3. The molecule has 0 bridgehead atoms. The third-order valence-electron chi connectivity index (χ3n) is 7.23. The molecule has 194 valence electrons. The standard InChI is InChI=1S/C28H31N3O5S/c1-15-9-10-18-22(13-15)37-26(24(18)27(33)35-4)30-25(32)16(2)36-28(34)23-17-7-5-6-8-20(17)29-21-11-12-31(3)14-19(21)23/h5-8,15-16H,9-14H2,1-4H3,(H,30,32). The quantitative estimate of drug-likeness (QED) is 0.498. The van der Waals surface area contributed by atoms with Crippen LogP contribution >= 0.6 is 11.3 Å². The molecule has 1 amide bonds. The van der Waals surface area contributed by atoms with E-state index in [9.17, 15) is 14.4 Å². The highest BCUT2D eigenvalue weighted by Crippen LogP contribution is 2.40. The highest BCUT2D eigenvalue weighted by molar-refractivity contribution is 7.17. The van der Waals surface area contributed by atoms with Gasteiger partial charge in [0, 0.05) is 41.0 Å². The third-order valence-corrected chi connectivity index (χ3v) is 8.40. The normalized spacial score (nSPS) is 18.0. The number of esters is 2. The molecule has 0 saturated carbocycles. The molecule has 3 heterocycles. The average Bonchev–Trinajstić information content (AvgIpc) is 3.23. The predicted octanol–water partition coefficient (Wildman–Crippen LogP) is 4.38. The lowest BCUT2D eigenvalue weighted by Gasteiger charge is -2.27. The topological polar surface area (TPSA) is 97.8 Å². The number of nitrogens with one attached hydrogen (secondary N) is 1. The number of aromatic nitrogens is 1. The molecule has 8 nitrogen and oxygen atoms in total. The van der Waals surface area contributed by atoms with Crippen molar-refractivity contribution in [1.29, 1.82) is 0 Å². The van der Waals surface area contributed by atoms with Gasteiger partial charge in [-0.05, 0) is 50.8 Å². The molecule has 1 N–H and O–H groups in total. The fourth-order valence-corrected chi connectivity index (χ4v) is 6.60. The second-order valence-electron chi connectivity index (χ2n) is 10.0. The van der Waals surface area contributed by atoms with Gasteiger partial charge in [0.25, 0.3) is 5.91 Å². The van der Waals surface area contributed by atoms with Crippen LogP contribution in [0.5, 0.6) is 0 Å². The van der Waals surface area contributed by atoms with Crippen molar-refractivity contribution in [3.63, 3.8) is 0 Å². The Morgan fingerprint density at radius 1 is 1.14 bits per heavy atom. The molecule has 2 aromatic heterocycles. The molecule has 2 aliphatic rings. The van der Waals surface area contributed by atoms with Crippen molar-refractivity contribution >= 4 is 45.1 Å². The summed E-state index contributed by atoms with van der Waals surface area (Å²) in [5.74, 6) is -0.999. The minimum absolute atomic E-state index is 0.415. The van der Waals surface area contributed by atoms with E-state index in [0.29, 0.717) is 34.0 Å². The summed E-state index contributed by atoms with van der Waals surface area (Å²) >= 11 is 1.40. The molecular weight excluding hydrogens is 490 g/mol. The van der Waals surface area contributed by atoms with Gasteiger partial charge in [0.15, 0.2) is 6.10 Å². The molecule has 1 aromatic carbocycles. The van der Waals surface area contributed by atoms with E-state index in [4.69, 9.17) is 14.5 Å². The number of ether oxygens (including phenoxy) is 2. The number of rotatable bonds is 5. The van der Waals surface area contributed by atoms with Crippen molar-refractivity contribution in [1.82, 2.24) is 9.88 Å². The van der Waals surface area contributed by atoms with Crippen molar-refractivity contribution in [3.05, 3.63) is 57.1 Å². The van der Waals surface area contributed by atoms with Gasteiger partial charge in [-0.3, -0.25) is 9.78 Å². The zero-order valence-electron chi connectivity index (χ0n) is 21.6. The Hall–Kier alpha value is -3.30. The second-order valence-corrected chi connectivity index (χ2v) is 11.1. The van der Waals surface area contributed by atoms with Gasteiger partial charge in [-0.1, -0.05) is 25.1 Å². The summed E-state index contributed by atoms with van der Waals surface area (Å²) in [6.45, 7) is 5.17. The van der Waals surface area contributed by atoms with Gasteiger partial charge in [0.1, 0.15) is 5.00 Å². The first kappa shape index (κ1) is 25.4. The highest BCUT2D eigenvalue weighted by atomic mass is 32.1. The van der Waals surface area contributed by atoms with Gasteiger partial charge in [-0.25, -0.2) is 9.59 Å². The number of fused-ring (bicyclic) bond motifs is 3. The number of pyridine rings is 1. The first-order valence-corrected chi connectivity index (χ1v) is 13.4. The number of para-hydroxylation sites is 1. The second kappa shape index (κ2) is 10.2. The molecule has 2 unspecified atom stereocenters. The third kappa shape index (κ3) is 4.85. The van der Waals surface area contributed by atoms with Crippen molar-refractivity contribution in [3.8, 4) is 0 Å². The van der Waals surface area contributed by atoms with Crippen molar-refractivity contribution < 1.29 is 23.9 Å². The first-order chi connectivity index (χ1) is 17.8. The van der Waals surface area contributed by atoms with E-state index in [-0.39, 0.29) is 0 Å². The summed E-state index contributed by atoms with van der Waals surface area (Å²) in [7, 11) is 3.34. The zero-order valence-corrected chi connectivity index (χ0v) is 22.4. The summed E-state index contributed by atoms with van der Waals surface area (Å²) in [6.07, 6.45) is 2.28. The van der Waals surface area contributed by atoms with Crippen molar-refractivity contribution in [2.75, 3.05) is 26.0 Å². The molecule has 1 aliphatic heterocycles. The van der Waals surface area contributed by atoms with Crippen LogP contribution in [0.4, 0.5) is 5.00 Å². The number of methoxy groups -OCH3 is 1. The zero-order chi connectivity index (χ0) is 26.3. The van der Waals surface area contributed by atoms with E-state index in [1.165, 1.54) is 18.4 Å². The van der Waals surface area contributed by atoms with Crippen LogP contribution in [0, 0.1) is 5.92 Å². The van der Waals surface area contributed by atoms with Gasteiger partial charge >= 0.3 is 11.9 Å². The number of nitrogens with zero attached hydrogens (tertiary/aromatic N) is 2. The fraction of sp³-hybridized carbons (Fsp3) is 0.429. The number of hydrogen-bond donors (Lipinski definition) is 1. The van der Waals surface area contributed by atoms with Crippen LogP contribution in [0.1, 0.15) is 62.7 Å². The molecule has 9 heteroatoms. The number of hydrogen-bond acceptors (Lipinski definition) is 8. The molecule has 3 aromatic rings. The minimum atomic E-state index is -1.07. The molecule has 0 saturated heterocycles. The maximum Gasteiger partial charge on any atom is 0.341 e. The van der Waals surface area contributed by atoms with Crippen LogP contribution in [-0.2, 0) is 40.1 Å². The SMILES string of the molecule is COC(=O)c1c(NC(=O)C(C)OC(=O)c2c3c(nc4ccccc24)CCN(C)C3)sc2c1CCC(C)C2. The summed E-state index contributed by atoms with van der Waals surface area (Å²) in [6, 6.07) is 7.50. The number of likely N-dealkylation sites (N-methyl/N-ethyl adjacent to an activating group) is 1. The van der Waals surface area contributed by atoms with E-state index in [1.54, 1.807) is 6.92 Å². The summed E-state index contributed by atoms with van der Waals surface area (Å²) in [5.41, 5.74) is 4.30. The largest absolute Gasteiger partial charge is 0.465 e. The van der Waals surface area contributed by atoms with Crippen LogP contribution in [0.25, 0.3) is 10.9 Å². The van der Waals surface area contributed by atoms with E-state index >= 15 is 0 Å². The molecule has 0 radical (unpaired) electrons. The number of amides is 1. The highest BCUT2D eigenvalue weighted by Gasteiger charge is 2.31. The van der Waals surface area contributed by atoms with E-state index in [0.717, 1.165) is 59.4 Å². The Labute approximate surface area is 220 Å². The number of anilines is 1. The molecular formula is C28H31N3O5S. The Bertz CT molecular complexity index is 1400. The smallest absolute Gasteiger partial charge is 0.341 e. The van der Waals surface area contributed by atoms with Crippen LogP contribution in [0.2, 0.25) is 0 Å². The van der Waals surface area contributed by atoms with Crippen molar-refractivity contribution in [2.45, 2.75) is 52.2 Å². The van der Waals surface area contributed by atoms with Gasteiger partial charge in [0.2, 0.25) is 0 Å². The van der Waals surface area contributed by atoms with Crippen LogP contribution < -0.4 is 5.32 Å². The molecule has 0 fully saturated rings. The van der Waals surface area contributed by atoms with Crippen LogP contribution in [0.3, 0.4) is 0 Å². The molecule has 37 heavy (non-hydrogen) atoms. The van der Waals surface area contributed by atoms with Gasteiger partial charge in [0.05, 0.1) is 23.8 Å². The number of thiophene rings is 1. The Balaban J connectivity index is 1.41. The summed E-state index contributed by atoms with van der Waals surface area (Å²) < 4.78 is 10.7. The Morgan fingerprint density at radius 2 is 1.92 bits per heavy atom. The maximum absolute atomic E-state index is 13.5. The lowest BCUT2D eigenvalue weighted by Crippen LogP contribution is -2.32. The van der Waals surface area contributed by atoms with Crippen molar-refractivity contribution in [2.24, 2.45) is 5.92 Å². The molecule has 0 spiro atoms. The van der Waals surface area contributed by atoms with E-state index in [1.807, 2.05) is 31.3 Å². The Morgan fingerprint density at radius 3 is 2.70 bits per heavy atom. The fourth-order valence-electron chi connectivity index (χ4n) is 5.20. The maximum atomic E-state index is 13.5. The number of benzene rings is 1. The Kier molecular flexibility index (Phi) is 7.00. The molecule has 1 aliphatic carbocycles. The number of carbonyl (C=O) groups excluding carboxylic acids is 3. The first-order valence-electron chi connectivity index (χ1n) is 12.6. The molecule has 5 rings (SSSR count). The van der Waals surface area contributed by atoms with Crippen LogP contribution in [0.15, 0.2) is 24.3 Å². The summed E-state index contributed by atoms with van der Waals surface area (Å²) in [4.78, 5) is 47.3. The lowest BCUT2D eigenvalue weighted by atomic mass is 9.88. The van der Waals surface area contributed by atoms with Gasteiger partial charge in [-0.15, -0.1) is 11.3 Å². The minimum Gasteiger partial charge on any atom is -0.465 e. The van der Waals surface area contributed by atoms with E-state index in [2.05, 4.69) is 17.1 Å².